The molecule has 1 aliphatic carbocycles. The number of nitrogens with zero attached hydrogens (tertiary/aromatic N) is 1. The Labute approximate surface area is 101 Å². The Bertz CT molecular complexity index is 180. The van der Waals surface area contributed by atoms with Gasteiger partial charge < -0.3 is 14.7 Å². The third kappa shape index (κ3) is 4.02. The molecule has 0 spiro atoms. The number of rotatable bonds is 7. The minimum absolute atomic E-state index is 0.368. The largest absolute Gasteiger partial charge is 0.389 e. The van der Waals surface area contributed by atoms with E-state index in [2.05, 4.69) is 27.9 Å². The number of hydrogen-bond donors (Lipinski definition) is 1. The molecular weight excluding hydrogens is 258 g/mol. The Morgan fingerprint density at radius 3 is 2.60 bits per heavy atom. The van der Waals surface area contributed by atoms with Gasteiger partial charge in [0.2, 0.25) is 0 Å². The van der Waals surface area contributed by atoms with Gasteiger partial charge in [0.05, 0.1) is 12.7 Å². The minimum Gasteiger partial charge on any atom is -0.389 e. The van der Waals surface area contributed by atoms with Crippen LogP contribution in [0.15, 0.2) is 0 Å². The molecule has 0 aromatic carbocycles. The summed E-state index contributed by atoms with van der Waals surface area (Å²) in [5.41, 5.74) is 0.460. The first-order valence-corrected chi connectivity index (χ1v) is 6.65. The molecule has 4 heteroatoms. The Balaban J connectivity index is 2.25. The number of ether oxygens (including phenoxy) is 1. The molecule has 15 heavy (non-hydrogen) atoms. The number of methoxy groups -OCH3 is 1. The summed E-state index contributed by atoms with van der Waals surface area (Å²) in [6, 6.07) is 0. The molecule has 1 rings (SSSR count). The third-order valence-electron chi connectivity index (χ3n) is 3.18. The van der Waals surface area contributed by atoms with Gasteiger partial charge in [-0.3, -0.25) is 0 Å². The van der Waals surface area contributed by atoms with Gasteiger partial charge in [0.1, 0.15) is 0 Å². The molecule has 1 aliphatic rings. The van der Waals surface area contributed by atoms with Crippen LogP contribution < -0.4 is 0 Å². The molecule has 0 aromatic rings. The average molecular weight is 280 g/mol. The van der Waals surface area contributed by atoms with Crippen LogP contribution >= 0.6 is 15.9 Å². The quantitative estimate of drug-likeness (QED) is 0.717. The highest BCUT2D eigenvalue weighted by Gasteiger charge is 2.36. The van der Waals surface area contributed by atoms with Crippen molar-refractivity contribution >= 4 is 15.9 Å². The molecule has 1 saturated carbocycles. The van der Waals surface area contributed by atoms with Gasteiger partial charge in [0.15, 0.2) is 0 Å². The van der Waals surface area contributed by atoms with E-state index in [9.17, 15) is 5.11 Å². The molecule has 0 aromatic heterocycles. The first kappa shape index (κ1) is 13.4. The number of hydrogen-bond acceptors (Lipinski definition) is 3. The van der Waals surface area contributed by atoms with Gasteiger partial charge in [-0.2, -0.15) is 0 Å². The number of aliphatic hydroxyl groups excluding tert-OH is 1. The van der Waals surface area contributed by atoms with E-state index < -0.39 is 0 Å². The van der Waals surface area contributed by atoms with Crippen molar-refractivity contribution in [1.29, 1.82) is 0 Å². The van der Waals surface area contributed by atoms with E-state index in [1.165, 1.54) is 19.3 Å². The van der Waals surface area contributed by atoms with E-state index in [0.29, 0.717) is 18.6 Å². The molecule has 0 bridgehead atoms. The van der Waals surface area contributed by atoms with E-state index in [1.54, 1.807) is 7.11 Å². The van der Waals surface area contributed by atoms with Gasteiger partial charge in [0, 0.05) is 25.5 Å². The second-order valence-corrected chi connectivity index (χ2v) is 5.35. The number of likely N-dealkylation sites (N-methyl/N-ethyl adjacent to an activating group) is 1. The lowest BCUT2D eigenvalue weighted by Gasteiger charge is -2.43. The Kier molecular flexibility index (Phi) is 5.53. The molecule has 0 amide bonds. The van der Waals surface area contributed by atoms with Gasteiger partial charge >= 0.3 is 0 Å². The fourth-order valence-corrected chi connectivity index (χ4v) is 2.99. The summed E-state index contributed by atoms with van der Waals surface area (Å²) in [6.07, 6.45) is 3.60. The smallest absolute Gasteiger partial charge is 0.0899 e. The highest BCUT2D eigenvalue weighted by Crippen LogP contribution is 2.42. The third-order valence-corrected chi connectivity index (χ3v) is 4.37. The SMILES string of the molecule is COCC(O)CN(C)CC1(CBr)CCC1. The van der Waals surface area contributed by atoms with Crippen LogP contribution in [0.5, 0.6) is 0 Å². The molecule has 1 fully saturated rings. The average Bonchev–Trinajstić information content (AvgIpc) is 2.11. The Hall–Kier alpha value is 0.360. The fourth-order valence-electron chi connectivity index (χ4n) is 2.25. The number of alkyl halides is 1. The highest BCUT2D eigenvalue weighted by atomic mass is 79.9. The van der Waals surface area contributed by atoms with Crippen LogP contribution in [-0.2, 0) is 4.74 Å². The zero-order valence-electron chi connectivity index (χ0n) is 9.71. The van der Waals surface area contributed by atoms with Crippen molar-refractivity contribution in [2.75, 3.05) is 39.2 Å². The molecular formula is C11H22BrNO2. The maximum atomic E-state index is 9.60. The van der Waals surface area contributed by atoms with Crippen molar-refractivity contribution in [2.45, 2.75) is 25.4 Å². The summed E-state index contributed by atoms with van der Waals surface area (Å²) in [5.74, 6) is 0. The molecule has 0 saturated heterocycles. The van der Waals surface area contributed by atoms with Crippen LogP contribution in [0.2, 0.25) is 0 Å². The second kappa shape index (κ2) is 6.18. The van der Waals surface area contributed by atoms with Crippen LogP contribution in [0, 0.1) is 5.41 Å². The molecule has 0 heterocycles. The van der Waals surface area contributed by atoms with Crippen LogP contribution in [0.3, 0.4) is 0 Å². The van der Waals surface area contributed by atoms with Crippen molar-refractivity contribution in [1.82, 2.24) is 4.90 Å². The fraction of sp³-hybridized carbons (Fsp3) is 1.00. The number of halogens is 1. The first-order chi connectivity index (χ1) is 7.12. The lowest BCUT2D eigenvalue weighted by Crippen LogP contribution is -2.44. The van der Waals surface area contributed by atoms with E-state index in [1.807, 2.05) is 0 Å². The summed E-state index contributed by atoms with van der Waals surface area (Å²) in [6.45, 7) is 2.19. The van der Waals surface area contributed by atoms with Crippen LogP contribution in [0.4, 0.5) is 0 Å². The molecule has 0 aliphatic heterocycles. The minimum atomic E-state index is -0.368. The van der Waals surface area contributed by atoms with E-state index >= 15 is 0 Å². The topological polar surface area (TPSA) is 32.7 Å². The van der Waals surface area contributed by atoms with Gasteiger partial charge in [-0.25, -0.2) is 0 Å². The predicted octanol–water partition coefficient (Wildman–Crippen LogP) is 1.49. The maximum Gasteiger partial charge on any atom is 0.0899 e. The van der Waals surface area contributed by atoms with Crippen molar-refractivity contribution in [2.24, 2.45) is 5.41 Å². The summed E-state index contributed by atoms with van der Waals surface area (Å²) in [7, 11) is 3.69. The van der Waals surface area contributed by atoms with Crippen molar-refractivity contribution in [3.63, 3.8) is 0 Å². The Morgan fingerprint density at radius 1 is 1.53 bits per heavy atom. The van der Waals surface area contributed by atoms with Crippen molar-refractivity contribution < 1.29 is 9.84 Å². The maximum absolute atomic E-state index is 9.60. The molecule has 1 unspecified atom stereocenters. The van der Waals surface area contributed by atoms with Crippen LogP contribution in [0.25, 0.3) is 0 Å². The molecule has 0 radical (unpaired) electrons. The summed E-state index contributed by atoms with van der Waals surface area (Å²) >= 11 is 3.59. The van der Waals surface area contributed by atoms with Gasteiger partial charge in [-0.15, -0.1) is 0 Å². The van der Waals surface area contributed by atoms with Crippen LogP contribution in [0.1, 0.15) is 19.3 Å². The molecule has 1 N–H and O–H groups in total. The van der Waals surface area contributed by atoms with Crippen molar-refractivity contribution in [3.8, 4) is 0 Å². The summed E-state index contributed by atoms with van der Waals surface area (Å²) in [4.78, 5) is 2.21. The molecule has 90 valence electrons. The normalized spacial score (nSPS) is 21.4. The van der Waals surface area contributed by atoms with Gasteiger partial charge in [-0.1, -0.05) is 22.4 Å². The molecule has 1 atom stereocenters. The monoisotopic (exact) mass is 279 g/mol. The first-order valence-electron chi connectivity index (χ1n) is 5.53. The lowest BCUT2D eigenvalue weighted by molar-refractivity contribution is 0.0250. The van der Waals surface area contributed by atoms with E-state index in [4.69, 9.17) is 4.74 Å². The lowest BCUT2D eigenvalue weighted by atomic mass is 9.70. The summed E-state index contributed by atoms with van der Waals surface area (Å²) in [5, 5.41) is 10.7. The van der Waals surface area contributed by atoms with Crippen molar-refractivity contribution in [3.05, 3.63) is 0 Å². The number of aliphatic hydroxyl groups is 1. The summed E-state index contributed by atoms with van der Waals surface area (Å²) < 4.78 is 4.92. The van der Waals surface area contributed by atoms with Gasteiger partial charge in [-0.05, 0) is 25.3 Å². The van der Waals surface area contributed by atoms with Gasteiger partial charge in [0.25, 0.3) is 0 Å². The van der Waals surface area contributed by atoms with Crippen LogP contribution in [-0.4, -0.2) is 55.3 Å². The predicted molar refractivity (Wildman–Crippen MR) is 65.5 cm³/mol. The van der Waals surface area contributed by atoms with E-state index in [0.717, 1.165) is 11.9 Å². The Morgan fingerprint density at radius 2 is 2.20 bits per heavy atom. The second-order valence-electron chi connectivity index (χ2n) is 4.79. The zero-order valence-corrected chi connectivity index (χ0v) is 11.3. The zero-order chi connectivity index (χ0) is 11.3. The van der Waals surface area contributed by atoms with E-state index in [-0.39, 0.29) is 6.10 Å². The standard InChI is InChI=1S/C11H22BrNO2/c1-13(6-10(14)7-15-2)9-11(8-12)4-3-5-11/h10,14H,3-9H2,1-2H3. The molecule has 3 nitrogen and oxygen atoms in total. The highest BCUT2D eigenvalue weighted by molar-refractivity contribution is 9.09.